The van der Waals surface area contributed by atoms with Gasteiger partial charge in [0.1, 0.15) is 5.54 Å². The van der Waals surface area contributed by atoms with Crippen molar-refractivity contribution in [3.63, 3.8) is 0 Å². The van der Waals surface area contributed by atoms with E-state index in [4.69, 9.17) is 5.73 Å². The number of esters is 1. The Morgan fingerprint density at radius 2 is 1.71 bits per heavy atom. The van der Waals surface area contributed by atoms with Crippen molar-refractivity contribution in [1.82, 2.24) is 5.32 Å². The third-order valence-corrected chi connectivity index (χ3v) is 2.67. The van der Waals surface area contributed by atoms with E-state index in [0.717, 1.165) is 0 Å². The van der Waals surface area contributed by atoms with Crippen LogP contribution in [0.25, 0.3) is 0 Å². The number of rotatable bonds is 4. The number of nitrogens with one attached hydrogen (secondary N) is 1. The molecule has 0 aromatic carbocycles. The lowest BCUT2D eigenvalue weighted by molar-refractivity contribution is -0.149. The normalized spacial score (nSPS) is 14.1. The lowest BCUT2D eigenvalue weighted by Gasteiger charge is -2.28. The predicted octanol–water partition coefficient (Wildman–Crippen LogP) is 0.818. The summed E-state index contributed by atoms with van der Waals surface area (Å²) in [7, 11) is 1.29. The highest BCUT2D eigenvalue weighted by molar-refractivity contribution is 5.87. The summed E-state index contributed by atoms with van der Waals surface area (Å²) in [6.07, 6.45) is 0.184. The summed E-state index contributed by atoms with van der Waals surface area (Å²) in [5.41, 5.74) is 4.73. The summed E-state index contributed by atoms with van der Waals surface area (Å²) < 4.78 is 4.60. The molecular weight excluding hydrogens is 220 g/mol. The first-order valence-electron chi connectivity index (χ1n) is 5.65. The maximum Gasteiger partial charge on any atom is 0.330 e. The highest BCUT2D eigenvalue weighted by Crippen LogP contribution is 2.19. The molecule has 0 saturated heterocycles. The first-order chi connectivity index (χ1) is 7.50. The maximum absolute atomic E-state index is 11.7. The summed E-state index contributed by atoms with van der Waals surface area (Å²) in [5.74, 6) is -0.724. The fourth-order valence-corrected chi connectivity index (χ4v) is 1.21. The van der Waals surface area contributed by atoms with Crippen LogP contribution in [0.5, 0.6) is 0 Å². The van der Waals surface area contributed by atoms with Crippen molar-refractivity contribution in [2.75, 3.05) is 7.11 Å². The maximum atomic E-state index is 11.7. The lowest BCUT2D eigenvalue weighted by Crippen LogP contribution is -2.52. The highest BCUT2D eigenvalue weighted by atomic mass is 16.5. The SMILES string of the molecule is COC(=O)C(C)(C)NC(=O)CC(N)C(C)(C)C. The molecule has 5 heteroatoms. The van der Waals surface area contributed by atoms with Gasteiger partial charge in [0.15, 0.2) is 0 Å². The Morgan fingerprint density at radius 3 is 2.06 bits per heavy atom. The molecule has 0 rings (SSSR count). The lowest BCUT2D eigenvalue weighted by atomic mass is 9.85. The van der Waals surface area contributed by atoms with Crippen LogP contribution in [0.4, 0.5) is 0 Å². The van der Waals surface area contributed by atoms with Crippen LogP contribution in [-0.4, -0.2) is 30.6 Å². The highest BCUT2D eigenvalue weighted by Gasteiger charge is 2.32. The molecule has 0 saturated carbocycles. The number of nitrogens with two attached hydrogens (primary N) is 1. The molecule has 0 aliphatic rings. The standard InChI is InChI=1S/C12H24N2O3/c1-11(2,3)8(13)7-9(15)14-12(4,5)10(16)17-6/h8H,7,13H2,1-6H3,(H,14,15). The third kappa shape index (κ3) is 5.17. The van der Waals surface area contributed by atoms with E-state index in [9.17, 15) is 9.59 Å². The predicted molar refractivity (Wildman–Crippen MR) is 66.3 cm³/mol. The molecule has 0 aromatic rings. The van der Waals surface area contributed by atoms with E-state index in [1.165, 1.54) is 7.11 Å². The molecule has 0 heterocycles. The van der Waals surface area contributed by atoms with Crippen LogP contribution in [0.3, 0.4) is 0 Å². The third-order valence-electron chi connectivity index (χ3n) is 2.67. The molecule has 0 aromatic heterocycles. The average Bonchev–Trinajstić information content (AvgIpc) is 2.13. The minimum absolute atomic E-state index is 0.146. The number of hydrogen-bond donors (Lipinski definition) is 2. The van der Waals surface area contributed by atoms with Crippen LogP contribution in [0.2, 0.25) is 0 Å². The van der Waals surface area contributed by atoms with Crippen LogP contribution >= 0.6 is 0 Å². The van der Waals surface area contributed by atoms with E-state index in [2.05, 4.69) is 10.1 Å². The molecule has 0 bridgehead atoms. The minimum atomic E-state index is -1.02. The van der Waals surface area contributed by atoms with Crippen molar-refractivity contribution >= 4 is 11.9 Å². The van der Waals surface area contributed by atoms with Gasteiger partial charge in [0.2, 0.25) is 5.91 Å². The van der Waals surface area contributed by atoms with E-state index in [1.807, 2.05) is 20.8 Å². The van der Waals surface area contributed by atoms with Gasteiger partial charge in [0.25, 0.3) is 0 Å². The molecule has 1 unspecified atom stereocenters. The Bertz CT molecular complexity index is 293. The molecule has 0 spiro atoms. The zero-order valence-corrected chi connectivity index (χ0v) is 11.6. The van der Waals surface area contributed by atoms with Gasteiger partial charge in [-0.25, -0.2) is 4.79 Å². The van der Waals surface area contributed by atoms with E-state index < -0.39 is 11.5 Å². The fraction of sp³-hybridized carbons (Fsp3) is 0.833. The van der Waals surface area contributed by atoms with Crippen molar-refractivity contribution in [2.24, 2.45) is 11.1 Å². The number of methoxy groups -OCH3 is 1. The van der Waals surface area contributed by atoms with Gasteiger partial charge in [-0.05, 0) is 19.3 Å². The molecule has 0 fully saturated rings. The number of carbonyl (C=O) groups excluding carboxylic acids is 2. The quantitative estimate of drug-likeness (QED) is 0.717. The second-order valence-corrected chi connectivity index (χ2v) is 5.84. The van der Waals surface area contributed by atoms with Crippen molar-refractivity contribution in [1.29, 1.82) is 0 Å². The van der Waals surface area contributed by atoms with Gasteiger partial charge < -0.3 is 15.8 Å². The van der Waals surface area contributed by atoms with Crippen molar-refractivity contribution < 1.29 is 14.3 Å². The molecule has 17 heavy (non-hydrogen) atoms. The van der Waals surface area contributed by atoms with E-state index in [-0.39, 0.29) is 23.8 Å². The van der Waals surface area contributed by atoms with Gasteiger partial charge in [-0.15, -0.1) is 0 Å². The van der Waals surface area contributed by atoms with Gasteiger partial charge >= 0.3 is 5.97 Å². The summed E-state index contributed by atoms with van der Waals surface area (Å²) >= 11 is 0. The van der Waals surface area contributed by atoms with Gasteiger partial charge in [0.05, 0.1) is 7.11 Å². The second kappa shape index (κ2) is 5.49. The van der Waals surface area contributed by atoms with Gasteiger partial charge in [0, 0.05) is 12.5 Å². The van der Waals surface area contributed by atoms with Crippen molar-refractivity contribution in [3.8, 4) is 0 Å². The fourth-order valence-electron chi connectivity index (χ4n) is 1.21. The number of hydrogen-bond acceptors (Lipinski definition) is 4. The average molecular weight is 244 g/mol. The largest absolute Gasteiger partial charge is 0.467 e. The molecule has 1 atom stereocenters. The Kier molecular flexibility index (Phi) is 5.13. The zero-order valence-electron chi connectivity index (χ0n) is 11.6. The molecular formula is C12H24N2O3. The Hall–Kier alpha value is -1.10. The summed E-state index contributed by atoms with van der Waals surface area (Å²) in [6, 6.07) is -0.254. The zero-order chi connectivity index (χ0) is 13.9. The molecule has 0 radical (unpaired) electrons. The first kappa shape index (κ1) is 15.9. The van der Waals surface area contributed by atoms with E-state index in [0.29, 0.717) is 0 Å². The molecule has 3 N–H and O–H groups in total. The second-order valence-electron chi connectivity index (χ2n) is 5.84. The van der Waals surface area contributed by atoms with Gasteiger partial charge in [-0.3, -0.25) is 4.79 Å². The molecule has 0 aliphatic carbocycles. The van der Waals surface area contributed by atoms with Crippen molar-refractivity contribution in [3.05, 3.63) is 0 Å². The Labute approximate surface area is 103 Å². The van der Waals surface area contributed by atoms with E-state index in [1.54, 1.807) is 13.8 Å². The van der Waals surface area contributed by atoms with Crippen LogP contribution in [-0.2, 0) is 14.3 Å². The smallest absolute Gasteiger partial charge is 0.330 e. The molecule has 1 amide bonds. The molecule has 5 nitrogen and oxygen atoms in total. The Morgan fingerprint density at radius 1 is 1.24 bits per heavy atom. The van der Waals surface area contributed by atoms with Gasteiger partial charge in [-0.2, -0.15) is 0 Å². The summed E-state index contributed by atoms with van der Waals surface area (Å²) in [6.45, 7) is 9.10. The monoisotopic (exact) mass is 244 g/mol. The van der Waals surface area contributed by atoms with E-state index >= 15 is 0 Å². The first-order valence-corrected chi connectivity index (χ1v) is 5.65. The molecule has 100 valence electrons. The minimum Gasteiger partial charge on any atom is -0.467 e. The topological polar surface area (TPSA) is 81.4 Å². The Balaban J connectivity index is 4.42. The van der Waals surface area contributed by atoms with Crippen molar-refractivity contribution in [2.45, 2.75) is 52.6 Å². The number of amides is 1. The summed E-state index contributed by atoms with van der Waals surface area (Å²) in [5, 5.41) is 2.62. The van der Waals surface area contributed by atoms with Gasteiger partial charge in [-0.1, -0.05) is 20.8 Å². The number of ether oxygens (including phenoxy) is 1. The van der Waals surface area contributed by atoms with Crippen LogP contribution < -0.4 is 11.1 Å². The number of carbonyl (C=O) groups is 2. The summed E-state index contributed by atoms with van der Waals surface area (Å²) in [4.78, 5) is 23.1. The van der Waals surface area contributed by atoms with Crippen LogP contribution in [0, 0.1) is 5.41 Å². The van der Waals surface area contributed by atoms with Crippen LogP contribution in [0.15, 0.2) is 0 Å². The molecule has 0 aliphatic heterocycles. The van der Waals surface area contributed by atoms with Crippen LogP contribution in [0.1, 0.15) is 41.0 Å².